The molecular formula is C11H19ClN2S. The molecule has 0 aliphatic carbocycles. The van der Waals surface area contributed by atoms with Gasteiger partial charge in [-0.1, -0.05) is 13.8 Å². The van der Waals surface area contributed by atoms with E-state index >= 15 is 0 Å². The van der Waals surface area contributed by atoms with Crippen molar-refractivity contribution in [3.8, 4) is 0 Å². The summed E-state index contributed by atoms with van der Waals surface area (Å²) >= 11 is 7.69. The molecule has 4 heteroatoms. The first-order chi connectivity index (χ1) is 7.17. The third-order valence-corrected chi connectivity index (χ3v) is 4.14. The largest absolute Gasteiger partial charge is 0.272 e. The average Bonchev–Trinajstić information content (AvgIpc) is 2.59. The van der Waals surface area contributed by atoms with Crippen LogP contribution in [0.3, 0.4) is 0 Å². The smallest absolute Gasteiger partial charge is 0.0624 e. The van der Waals surface area contributed by atoms with Crippen molar-refractivity contribution in [2.75, 3.05) is 11.6 Å². The Morgan fingerprint density at radius 3 is 2.87 bits per heavy atom. The van der Waals surface area contributed by atoms with Crippen LogP contribution in [0.25, 0.3) is 0 Å². The second-order valence-corrected chi connectivity index (χ2v) is 5.22. The van der Waals surface area contributed by atoms with E-state index < -0.39 is 0 Å². The first kappa shape index (κ1) is 12.9. The van der Waals surface area contributed by atoms with Crippen LogP contribution in [0.1, 0.15) is 25.2 Å². The van der Waals surface area contributed by atoms with Gasteiger partial charge in [-0.25, -0.2) is 0 Å². The highest BCUT2D eigenvalue weighted by Gasteiger charge is 2.05. The Balaban J connectivity index is 2.40. The van der Waals surface area contributed by atoms with Crippen molar-refractivity contribution in [2.45, 2.75) is 26.0 Å². The molecule has 0 aliphatic rings. The van der Waals surface area contributed by atoms with Gasteiger partial charge in [0.15, 0.2) is 0 Å². The minimum absolute atomic E-state index is 0.593. The van der Waals surface area contributed by atoms with E-state index in [0.717, 1.165) is 23.8 Å². The van der Waals surface area contributed by atoms with Gasteiger partial charge in [-0.05, 0) is 24.2 Å². The van der Waals surface area contributed by atoms with Gasteiger partial charge in [-0.2, -0.15) is 16.9 Å². The fourth-order valence-corrected chi connectivity index (χ4v) is 2.64. The number of thioether (sulfide) groups is 1. The third-order valence-electron chi connectivity index (χ3n) is 2.31. The number of nitrogens with zero attached hydrogens (tertiary/aromatic N) is 2. The van der Waals surface area contributed by atoms with Gasteiger partial charge in [-0.3, -0.25) is 4.68 Å². The Morgan fingerprint density at radius 2 is 2.33 bits per heavy atom. The van der Waals surface area contributed by atoms with Crippen LogP contribution in [0.4, 0.5) is 0 Å². The van der Waals surface area contributed by atoms with Crippen LogP contribution in [0.2, 0.25) is 0 Å². The first-order valence-corrected chi connectivity index (χ1v) is 7.01. The lowest BCUT2D eigenvalue weighted by Gasteiger charge is -2.06. The minimum Gasteiger partial charge on any atom is -0.272 e. The average molecular weight is 247 g/mol. The van der Waals surface area contributed by atoms with Crippen LogP contribution in [0.15, 0.2) is 6.07 Å². The number of hydrogen-bond donors (Lipinski definition) is 0. The molecule has 1 rings (SSSR count). The Kier molecular flexibility index (Phi) is 5.54. The second kappa shape index (κ2) is 6.44. The normalized spacial score (nSPS) is 13.1. The number of aromatic nitrogens is 2. The Bertz CT molecular complexity index is 299. The molecule has 1 atom stereocenters. The standard InChI is InChI=1S/C11H19ClN2S/c1-4-10-5-11(14(3)13-10)8-15-7-9(2)6-12/h5,9H,4,6-8H2,1-3H3. The molecule has 0 amide bonds. The molecule has 0 radical (unpaired) electrons. The molecule has 15 heavy (non-hydrogen) atoms. The van der Waals surface area contributed by atoms with Gasteiger partial charge in [0.1, 0.15) is 0 Å². The number of hydrogen-bond acceptors (Lipinski definition) is 2. The highest BCUT2D eigenvalue weighted by molar-refractivity contribution is 7.98. The second-order valence-electron chi connectivity index (χ2n) is 3.88. The number of halogens is 1. The maximum atomic E-state index is 5.76. The zero-order chi connectivity index (χ0) is 11.3. The molecule has 1 heterocycles. The molecule has 0 aromatic carbocycles. The SMILES string of the molecule is CCc1cc(CSCC(C)CCl)n(C)n1. The first-order valence-electron chi connectivity index (χ1n) is 5.32. The van der Waals surface area contributed by atoms with E-state index in [4.69, 9.17) is 11.6 Å². The van der Waals surface area contributed by atoms with Gasteiger partial charge in [0.2, 0.25) is 0 Å². The molecule has 0 fully saturated rings. The molecule has 0 spiro atoms. The molecule has 0 saturated heterocycles. The predicted molar refractivity (Wildman–Crippen MR) is 68.6 cm³/mol. The number of rotatable bonds is 6. The summed E-state index contributed by atoms with van der Waals surface area (Å²) < 4.78 is 1.98. The summed E-state index contributed by atoms with van der Waals surface area (Å²) in [5, 5.41) is 4.42. The summed E-state index contributed by atoms with van der Waals surface area (Å²) in [5.74, 6) is 3.50. The van der Waals surface area contributed by atoms with E-state index in [1.165, 1.54) is 11.4 Å². The molecule has 1 aromatic rings. The Hall–Kier alpha value is -0.150. The molecular weight excluding hydrogens is 228 g/mol. The molecule has 0 aliphatic heterocycles. The summed E-state index contributed by atoms with van der Waals surface area (Å²) in [6, 6.07) is 2.19. The van der Waals surface area contributed by atoms with E-state index in [1.54, 1.807) is 0 Å². The van der Waals surface area contributed by atoms with E-state index in [-0.39, 0.29) is 0 Å². The van der Waals surface area contributed by atoms with Crippen molar-refractivity contribution < 1.29 is 0 Å². The maximum Gasteiger partial charge on any atom is 0.0624 e. The van der Waals surface area contributed by atoms with E-state index in [0.29, 0.717) is 5.92 Å². The molecule has 2 nitrogen and oxygen atoms in total. The van der Waals surface area contributed by atoms with E-state index in [1.807, 2.05) is 23.5 Å². The van der Waals surface area contributed by atoms with Crippen molar-refractivity contribution in [1.82, 2.24) is 9.78 Å². The molecule has 0 N–H and O–H groups in total. The lowest BCUT2D eigenvalue weighted by atomic mass is 10.3. The van der Waals surface area contributed by atoms with Crippen LogP contribution in [0.5, 0.6) is 0 Å². The summed E-state index contributed by atoms with van der Waals surface area (Å²) in [4.78, 5) is 0. The van der Waals surface area contributed by atoms with Crippen molar-refractivity contribution in [3.63, 3.8) is 0 Å². The van der Waals surface area contributed by atoms with Gasteiger partial charge in [0.05, 0.1) is 5.69 Å². The van der Waals surface area contributed by atoms with Gasteiger partial charge in [0, 0.05) is 24.4 Å². The van der Waals surface area contributed by atoms with Gasteiger partial charge >= 0.3 is 0 Å². The quantitative estimate of drug-likeness (QED) is 0.718. The van der Waals surface area contributed by atoms with Crippen molar-refractivity contribution in [2.24, 2.45) is 13.0 Å². The Morgan fingerprint density at radius 1 is 1.60 bits per heavy atom. The van der Waals surface area contributed by atoms with Crippen LogP contribution >= 0.6 is 23.4 Å². The number of aryl methyl sites for hydroxylation is 2. The van der Waals surface area contributed by atoms with Crippen LogP contribution < -0.4 is 0 Å². The van der Waals surface area contributed by atoms with E-state index in [2.05, 4.69) is 25.0 Å². The molecule has 86 valence electrons. The molecule has 1 unspecified atom stereocenters. The summed E-state index contributed by atoms with van der Waals surface area (Å²) in [6.45, 7) is 4.32. The lowest BCUT2D eigenvalue weighted by Crippen LogP contribution is -2.01. The zero-order valence-corrected chi connectivity index (χ0v) is 11.2. The zero-order valence-electron chi connectivity index (χ0n) is 9.66. The fraction of sp³-hybridized carbons (Fsp3) is 0.727. The molecule has 0 saturated carbocycles. The third kappa shape index (κ3) is 4.07. The topological polar surface area (TPSA) is 17.8 Å². The fourth-order valence-electron chi connectivity index (χ4n) is 1.29. The van der Waals surface area contributed by atoms with Crippen molar-refractivity contribution in [3.05, 3.63) is 17.5 Å². The molecule has 0 bridgehead atoms. The van der Waals surface area contributed by atoms with E-state index in [9.17, 15) is 0 Å². The van der Waals surface area contributed by atoms with Gasteiger partial charge in [-0.15, -0.1) is 11.6 Å². The predicted octanol–water partition coefficient (Wildman–Crippen LogP) is 3.09. The van der Waals surface area contributed by atoms with Gasteiger partial charge in [0.25, 0.3) is 0 Å². The van der Waals surface area contributed by atoms with Gasteiger partial charge < -0.3 is 0 Å². The minimum atomic E-state index is 0.593. The monoisotopic (exact) mass is 246 g/mol. The highest BCUT2D eigenvalue weighted by atomic mass is 35.5. The highest BCUT2D eigenvalue weighted by Crippen LogP contribution is 2.16. The lowest BCUT2D eigenvalue weighted by molar-refractivity contribution is 0.718. The Labute approximate surface area is 101 Å². The van der Waals surface area contributed by atoms with Crippen LogP contribution in [-0.2, 0) is 19.2 Å². The van der Waals surface area contributed by atoms with Crippen molar-refractivity contribution in [1.29, 1.82) is 0 Å². The van der Waals surface area contributed by atoms with Crippen LogP contribution in [-0.4, -0.2) is 21.4 Å². The van der Waals surface area contributed by atoms with Crippen molar-refractivity contribution >= 4 is 23.4 Å². The molecule has 1 aromatic heterocycles. The number of alkyl halides is 1. The maximum absolute atomic E-state index is 5.76. The summed E-state index contributed by atoms with van der Waals surface area (Å²) in [7, 11) is 2.01. The summed E-state index contributed by atoms with van der Waals surface area (Å²) in [6.07, 6.45) is 1.01. The van der Waals surface area contributed by atoms with Crippen LogP contribution in [0, 0.1) is 5.92 Å². The summed E-state index contributed by atoms with van der Waals surface area (Å²) in [5.41, 5.74) is 2.48.